The number of aromatic nitrogens is 1. The van der Waals surface area contributed by atoms with Gasteiger partial charge in [-0.2, -0.15) is 0 Å². The first-order chi connectivity index (χ1) is 9.19. The molecule has 100 valence electrons. The summed E-state index contributed by atoms with van der Waals surface area (Å²) in [6.07, 6.45) is 1.78. The van der Waals surface area contributed by atoms with Crippen LogP contribution in [0, 0.1) is 5.82 Å². The van der Waals surface area contributed by atoms with Crippen LogP contribution >= 0.6 is 0 Å². The third kappa shape index (κ3) is 3.76. The summed E-state index contributed by atoms with van der Waals surface area (Å²) in [5.74, 6) is 0.394. The summed E-state index contributed by atoms with van der Waals surface area (Å²) in [7, 11) is 1.59. The van der Waals surface area contributed by atoms with Crippen LogP contribution in [-0.2, 0) is 6.54 Å². The molecule has 0 saturated heterocycles. The van der Waals surface area contributed by atoms with Gasteiger partial charge in [-0.15, -0.1) is 0 Å². The summed E-state index contributed by atoms with van der Waals surface area (Å²) in [4.78, 5) is 4.15. The van der Waals surface area contributed by atoms with E-state index in [0.717, 1.165) is 11.1 Å². The fourth-order valence-corrected chi connectivity index (χ4v) is 1.78. The minimum atomic E-state index is -0.213. The first-order valence-corrected chi connectivity index (χ1v) is 6.17. The zero-order chi connectivity index (χ0) is 13.7. The average molecular weight is 260 g/mol. The van der Waals surface area contributed by atoms with E-state index in [0.29, 0.717) is 12.4 Å². The number of pyridine rings is 1. The third-order valence-electron chi connectivity index (χ3n) is 2.99. The van der Waals surface area contributed by atoms with Gasteiger partial charge in [0.2, 0.25) is 5.88 Å². The van der Waals surface area contributed by atoms with Gasteiger partial charge < -0.3 is 10.1 Å². The molecule has 2 aromatic rings. The molecule has 1 N–H and O–H groups in total. The number of hydrogen-bond donors (Lipinski definition) is 1. The van der Waals surface area contributed by atoms with Gasteiger partial charge in [-0.25, -0.2) is 9.37 Å². The Morgan fingerprint density at radius 3 is 2.53 bits per heavy atom. The zero-order valence-corrected chi connectivity index (χ0v) is 11.1. The Morgan fingerprint density at radius 1 is 1.21 bits per heavy atom. The topological polar surface area (TPSA) is 34.1 Å². The number of hydrogen-bond acceptors (Lipinski definition) is 3. The summed E-state index contributed by atoms with van der Waals surface area (Å²) >= 11 is 0. The Kier molecular flexibility index (Phi) is 4.47. The van der Waals surface area contributed by atoms with Crippen LogP contribution in [0.25, 0.3) is 0 Å². The van der Waals surface area contributed by atoms with E-state index < -0.39 is 0 Å². The fraction of sp³-hybridized carbons (Fsp3) is 0.267. The van der Waals surface area contributed by atoms with E-state index >= 15 is 0 Å². The van der Waals surface area contributed by atoms with Crippen LogP contribution < -0.4 is 10.1 Å². The zero-order valence-electron chi connectivity index (χ0n) is 11.1. The van der Waals surface area contributed by atoms with Crippen LogP contribution in [0.15, 0.2) is 42.6 Å². The van der Waals surface area contributed by atoms with Crippen molar-refractivity contribution >= 4 is 0 Å². The van der Waals surface area contributed by atoms with E-state index in [4.69, 9.17) is 4.74 Å². The van der Waals surface area contributed by atoms with E-state index in [-0.39, 0.29) is 11.9 Å². The Labute approximate surface area is 112 Å². The Hall–Kier alpha value is -1.94. The minimum absolute atomic E-state index is 0.155. The lowest BCUT2D eigenvalue weighted by Gasteiger charge is -2.14. The highest BCUT2D eigenvalue weighted by Gasteiger charge is 2.05. The molecule has 4 heteroatoms. The molecule has 0 aliphatic heterocycles. The molecule has 1 atom stereocenters. The Morgan fingerprint density at radius 2 is 1.95 bits per heavy atom. The molecule has 1 aromatic heterocycles. The van der Waals surface area contributed by atoms with Crippen LogP contribution in [0.4, 0.5) is 4.39 Å². The summed E-state index contributed by atoms with van der Waals surface area (Å²) in [5.41, 5.74) is 2.14. The van der Waals surface area contributed by atoms with Crippen molar-refractivity contribution in [3.63, 3.8) is 0 Å². The van der Waals surface area contributed by atoms with Gasteiger partial charge in [0, 0.05) is 24.8 Å². The van der Waals surface area contributed by atoms with E-state index in [1.165, 1.54) is 12.1 Å². The Bertz CT molecular complexity index is 511. The van der Waals surface area contributed by atoms with E-state index in [1.807, 2.05) is 19.1 Å². The number of ether oxygens (including phenoxy) is 1. The maximum atomic E-state index is 12.8. The molecular formula is C15H17FN2O. The molecule has 0 saturated carbocycles. The molecule has 2 rings (SSSR count). The lowest BCUT2D eigenvalue weighted by Crippen LogP contribution is -2.18. The molecule has 0 amide bonds. The van der Waals surface area contributed by atoms with Crippen LogP contribution in [0.5, 0.6) is 5.88 Å². The third-order valence-corrected chi connectivity index (χ3v) is 2.99. The van der Waals surface area contributed by atoms with Crippen LogP contribution in [-0.4, -0.2) is 12.1 Å². The average Bonchev–Trinajstić information content (AvgIpc) is 2.46. The molecular weight excluding hydrogens is 243 g/mol. The van der Waals surface area contributed by atoms with Gasteiger partial charge in [0.15, 0.2) is 0 Å². The number of rotatable bonds is 5. The largest absolute Gasteiger partial charge is 0.481 e. The van der Waals surface area contributed by atoms with Crippen molar-refractivity contribution in [3.8, 4) is 5.88 Å². The molecule has 3 nitrogen and oxygen atoms in total. The van der Waals surface area contributed by atoms with Crippen molar-refractivity contribution in [2.24, 2.45) is 0 Å². The quantitative estimate of drug-likeness (QED) is 0.897. The van der Waals surface area contributed by atoms with Crippen LogP contribution in [0.1, 0.15) is 24.1 Å². The summed E-state index contributed by atoms with van der Waals surface area (Å²) in [6, 6.07) is 10.5. The van der Waals surface area contributed by atoms with E-state index in [9.17, 15) is 4.39 Å². The smallest absolute Gasteiger partial charge is 0.212 e. The summed E-state index contributed by atoms with van der Waals surface area (Å²) < 4.78 is 17.8. The summed E-state index contributed by atoms with van der Waals surface area (Å²) in [6.45, 7) is 2.75. The Balaban J connectivity index is 1.92. The van der Waals surface area contributed by atoms with Crippen LogP contribution in [0.3, 0.4) is 0 Å². The van der Waals surface area contributed by atoms with Gasteiger partial charge in [0.05, 0.1) is 7.11 Å². The maximum absolute atomic E-state index is 12.8. The number of benzene rings is 1. The van der Waals surface area contributed by atoms with Crippen LogP contribution in [0.2, 0.25) is 0 Å². The molecule has 1 heterocycles. The van der Waals surface area contributed by atoms with Crippen molar-refractivity contribution in [1.29, 1.82) is 0 Å². The molecule has 19 heavy (non-hydrogen) atoms. The molecule has 0 spiro atoms. The van der Waals surface area contributed by atoms with Crippen molar-refractivity contribution < 1.29 is 9.13 Å². The monoisotopic (exact) mass is 260 g/mol. The number of nitrogens with zero attached hydrogens (tertiary/aromatic N) is 1. The minimum Gasteiger partial charge on any atom is -0.481 e. The molecule has 0 aliphatic rings. The normalized spacial score (nSPS) is 12.2. The van der Waals surface area contributed by atoms with Crippen molar-refractivity contribution in [2.75, 3.05) is 7.11 Å². The molecule has 1 unspecified atom stereocenters. The van der Waals surface area contributed by atoms with Gasteiger partial charge in [-0.3, -0.25) is 0 Å². The highest BCUT2D eigenvalue weighted by molar-refractivity contribution is 5.21. The lowest BCUT2D eigenvalue weighted by molar-refractivity contribution is 0.397. The maximum Gasteiger partial charge on any atom is 0.212 e. The molecule has 0 fully saturated rings. The molecule has 0 bridgehead atoms. The second-order valence-electron chi connectivity index (χ2n) is 4.36. The number of halogens is 1. The molecule has 0 aliphatic carbocycles. The van der Waals surface area contributed by atoms with Gasteiger partial charge in [-0.05, 0) is 30.2 Å². The first kappa shape index (κ1) is 13.5. The standard InChI is InChI=1S/C15H17FN2O/c1-11(13-4-6-14(16)7-5-13)17-9-12-3-8-15(19-2)18-10-12/h3-8,10-11,17H,9H2,1-2H3. The highest BCUT2D eigenvalue weighted by Crippen LogP contribution is 2.14. The van der Waals surface area contributed by atoms with Crippen molar-refractivity contribution in [1.82, 2.24) is 10.3 Å². The van der Waals surface area contributed by atoms with Crippen molar-refractivity contribution in [3.05, 3.63) is 59.5 Å². The van der Waals surface area contributed by atoms with Gasteiger partial charge >= 0.3 is 0 Å². The number of nitrogens with one attached hydrogen (secondary N) is 1. The molecule has 0 radical (unpaired) electrons. The van der Waals surface area contributed by atoms with E-state index in [1.54, 1.807) is 25.4 Å². The SMILES string of the molecule is COc1ccc(CNC(C)c2ccc(F)cc2)cn1. The predicted molar refractivity (Wildman–Crippen MR) is 72.4 cm³/mol. The van der Waals surface area contributed by atoms with E-state index in [2.05, 4.69) is 10.3 Å². The number of methoxy groups -OCH3 is 1. The predicted octanol–water partition coefficient (Wildman–Crippen LogP) is 3.08. The second kappa shape index (κ2) is 6.29. The van der Waals surface area contributed by atoms with Gasteiger partial charge in [0.1, 0.15) is 5.82 Å². The van der Waals surface area contributed by atoms with Crippen molar-refractivity contribution in [2.45, 2.75) is 19.5 Å². The first-order valence-electron chi connectivity index (χ1n) is 6.17. The molecule has 1 aromatic carbocycles. The lowest BCUT2D eigenvalue weighted by atomic mass is 10.1. The highest BCUT2D eigenvalue weighted by atomic mass is 19.1. The second-order valence-corrected chi connectivity index (χ2v) is 4.36. The van der Waals surface area contributed by atoms with Gasteiger partial charge in [0.25, 0.3) is 0 Å². The fourth-order valence-electron chi connectivity index (χ4n) is 1.78. The summed E-state index contributed by atoms with van der Waals surface area (Å²) in [5, 5.41) is 3.37. The van der Waals surface area contributed by atoms with Gasteiger partial charge in [-0.1, -0.05) is 18.2 Å².